The first-order valence-corrected chi connectivity index (χ1v) is 6.68. The van der Waals surface area contributed by atoms with E-state index in [0.717, 1.165) is 5.56 Å². The van der Waals surface area contributed by atoms with Gasteiger partial charge in [-0.05, 0) is 24.1 Å². The van der Waals surface area contributed by atoms with Crippen molar-refractivity contribution in [3.8, 4) is 5.95 Å². The molecule has 7 nitrogen and oxygen atoms in total. The molecule has 3 rings (SSSR count). The number of anilines is 1. The van der Waals surface area contributed by atoms with Crippen LogP contribution in [0.5, 0.6) is 0 Å². The lowest BCUT2D eigenvalue weighted by atomic mass is 10.1. The Morgan fingerprint density at radius 2 is 1.95 bits per heavy atom. The van der Waals surface area contributed by atoms with Crippen LogP contribution in [0, 0.1) is 0 Å². The first kappa shape index (κ1) is 13.4. The minimum absolute atomic E-state index is 0.0354. The maximum Gasteiger partial charge on any atom is 0.258 e. The van der Waals surface area contributed by atoms with E-state index in [9.17, 15) is 0 Å². The van der Waals surface area contributed by atoms with Crippen molar-refractivity contribution < 1.29 is 0 Å². The molecule has 8 heteroatoms. The predicted octanol–water partition coefficient (Wildman–Crippen LogP) is 2.28. The summed E-state index contributed by atoms with van der Waals surface area (Å²) in [6.07, 6.45) is 2.90. The molecular weight excluding hydrogens is 290 g/mol. The van der Waals surface area contributed by atoms with Gasteiger partial charge in [-0.2, -0.15) is 24.7 Å². The van der Waals surface area contributed by atoms with Crippen molar-refractivity contribution in [2.75, 3.05) is 5.32 Å². The van der Waals surface area contributed by atoms with Gasteiger partial charge in [0, 0.05) is 0 Å². The van der Waals surface area contributed by atoms with Crippen LogP contribution in [0.3, 0.4) is 0 Å². The highest BCUT2D eigenvalue weighted by Crippen LogP contribution is 2.17. The average molecular weight is 302 g/mol. The molecule has 0 saturated carbocycles. The number of nitrogens with one attached hydrogen (secondary N) is 1. The van der Waals surface area contributed by atoms with Crippen LogP contribution in [0.25, 0.3) is 5.95 Å². The van der Waals surface area contributed by atoms with Gasteiger partial charge >= 0.3 is 0 Å². The quantitative estimate of drug-likeness (QED) is 0.796. The third-order valence-corrected chi connectivity index (χ3v) is 3.03. The van der Waals surface area contributed by atoms with Gasteiger partial charge in [0.15, 0.2) is 0 Å². The zero-order valence-corrected chi connectivity index (χ0v) is 11.9. The highest BCUT2D eigenvalue weighted by atomic mass is 35.5. The number of hydrogen-bond acceptors (Lipinski definition) is 6. The number of hydrogen-bond donors (Lipinski definition) is 1. The summed E-state index contributed by atoms with van der Waals surface area (Å²) in [4.78, 5) is 16.2. The first-order valence-electron chi connectivity index (χ1n) is 6.30. The molecule has 1 unspecified atom stereocenters. The number of rotatable bonds is 4. The standard InChI is InChI=1S/C13H12ClN7/c1-9(10-5-3-2-4-6-10)17-12-18-11(14)19-13(20-12)21-8-15-7-16-21/h2-9H,1H3,(H,17,18,19,20). The monoisotopic (exact) mass is 301 g/mol. The van der Waals surface area contributed by atoms with Crippen molar-refractivity contribution >= 4 is 17.5 Å². The Hall–Kier alpha value is -2.54. The number of aromatic nitrogens is 6. The Labute approximate surface area is 126 Å². The van der Waals surface area contributed by atoms with Gasteiger partial charge in [-0.25, -0.2) is 4.98 Å². The van der Waals surface area contributed by atoms with Crippen molar-refractivity contribution in [3.63, 3.8) is 0 Å². The van der Waals surface area contributed by atoms with Gasteiger partial charge in [-0.15, -0.1) is 0 Å². The molecule has 106 valence electrons. The molecular formula is C13H12ClN7. The zero-order valence-electron chi connectivity index (χ0n) is 11.2. The molecule has 0 spiro atoms. The minimum Gasteiger partial charge on any atom is -0.348 e. The highest BCUT2D eigenvalue weighted by Gasteiger charge is 2.11. The third kappa shape index (κ3) is 3.14. The van der Waals surface area contributed by atoms with Crippen molar-refractivity contribution in [2.24, 2.45) is 0 Å². The molecule has 21 heavy (non-hydrogen) atoms. The van der Waals surface area contributed by atoms with Crippen LogP contribution in [0.2, 0.25) is 5.28 Å². The summed E-state index contributed by atoms with van der Waals surface area (Å²) in [5.74, 6) is 0.701. The maximum atomic E-state index is 5.93. The summed E-state index contributed by atoms with van der Waals surface area (Å²) in [6, 6.07) is 10.0. The second-order valence-corrected chi connectivity index (χ2v) is 4.68. The first-order chi connectivity index (χ1) is 10.2. The van der Waals surface area contributed by atoms with Gasteiger partial charge < -0.3 is 5.32 Å². The van der Waals surface area contributed by atoms with Crippen molar-refractivity contribution in [1.29, 1.82) is 0 Å². The Morgan fingerprint density at radius 1 is 1.14 bits per heavy atom. The molecule has 2 heterocycles. The van der Waals surface area contributed by atoms with Gasteiger partial charge in [0.05, 0.1) is 6.04 Å². The van der Waals surface area contributed by atoms with Gasteiger partial charge in [-0.3, -0.25) is 0 Å². The molecule has 0 bridgehead atoms. The van der Waals surface area contributed by atoms with E-state index in [2.05, 4.69) is 30.4 Å². The minimum atomic E-state index is 0.0354. The Kier molecular flexibility index (Phi) is 3.74. The van der Waals surface area contributed by atoms with Crippen LogP contribution in [-0.2, 0) is 0 Å². The lowest BCUT2D eigenvalue weighted by Gasteiger charge is -2.14. The molecule has 0 saturated heterocycles. The van der Waals surface area contributed by atoms with Crippen molar-refractivity contribution in [1.82, 2.24) is 29.7 Å². The third-order valence-electron chi connectivity index (χ3n) is 2.87. The normalized spacial score (nSPS) is 12.1. The molecule has 2 aromatic heterocycles. The van der Waals surface area contributed by atoms with E-state index in [1.165, 1.54) is 17.3 Å². The van der Waals surface area contributed by atoms with E-state index in [-0.39, 0.29) is 11.3 Å². The van der Waals surface area contributed by atoms with E-state index in [0.29, 0.717) is 11.9 Å². The van der Waals surface area contributed by atoms with Crippen LogP contribution < -0.4 is 5.32 Å². The fraction of sp³-hybridized carbons (Fsp3) is 0.154. The van der Waals surface area contributed by atoms with Crippen molar-refractivity contribution in [2.45, 2.75) is 13.0 Å². The van der Waals surface area contributed by atoms with Gasteiger partial charge in [0.1, 0.15) is 12.7 Å². The maximum absolute atomic E-state index is 5.93. The molecule has 0 fully saturated rings. The Balaban J connectivity index is 1.86. The summed E-state index contributed by atoms with van der Waals surface area (Å²) < 4.78 is 1.42. The molecule has 0 aliphatic carbocycles. The topological polar surface area (TPSA) is 81.4 Å². The largest absolute Gasteiger partial charge is 0.348 e. The molecule has 0 amide bonds. The van der Waals surface area contributed by atoms with Crippen molar-refractivity contribution in [3.05, 3.63) is 53.8 Å². The number of halogens is 1. The lowest BCUT2D eigenvalue weighted by Crippen LogP contribution is -2.12. The van der Waals surface area contributed by atoms with Crippen LogP contribution in [0.4, 0.5) is 5.95 Å². The molecule has 0 aliphatic heterocycles. The van der Waals surface area contributed by atoms with Crippen LogP contribution in [0.15, 0.2) is 43.0 Å². The van der Waals surface area contributed by atoms with E-state index in [4.69, 9.17) is 11.6 Å². The van der Waals surface area contributed by atoms with E-state index >= 15 is 0 Å². The fourth-order valence-electron chi connectivity index (χ4n) is 1.84. The van der Waals surface area contributed by atoms with E-state index < -0.39 is 0 Å². The summed E-state index contributed by atoms with van der Waals surface area (Å²) in [6.45, 7) is 2.02. The van der Waals surface area contributed by atoms with Gasteiger partial charge in [0.2, 0.25) is 11.2 Å². The summed E-state index contributed by atoms with van der Waals surface area (Å²) in [5, 5.41) is 7.26. The molecule has 3 aromatic rings. The van der Waals surface area contributed by atoms with Crippen LogP contribution >= 0.6 is 11.6 Å². The lowest BCUT2D eigenvalue weighted by molar-refractivity contribution is 0.782. The molecule has 1 aromatic carbocycles. The highest BCUT2D eigenvalue weighted by molar-refractivity contribution is 6.28. The Morgan fingerprint density at radius 3 is 2.67 bits per heavy atom. The SMILES string of the molecule is CC(Nc1nc(Cl)nc(-n2cncn2)n1)c1ccccc1. The van der Waals surface area contributed by atoms with Gasteiger partial charge in [0.25, 0.3) is 5.95 Å². The number of benzene rings is 1. The smallest absolute Gasteiger partial charge is 0.258 e. The summed E-state index contributed by atoms with van der Waals surface area (Å²) in [5.41, 5.74) is 1.12. The Bertz CT molecular complexity index is 715. The van der Waals surface area contributed by atoms with E-state index in [1.807, 2.05) is 37.3 Å². The fourth-order valence-corrected chi connectivity index (χ4v) is 1.99. The summed E-state index contributed by atoms with van der Waals surface area (Å²) >= 11 is 5.93. The average Bonchev–Trinajstić information content (AvgIpc) is 3.02. The molecule has 0 radical (unpaired) electrons. The zero-order chi connectivity index (χ0) is 14.7. The predicted molar refractivity (Wildman–Crippen MR) is 78.2 cm³/mol. The molecule has 0 aliphatic rings. The van der Waals surface area contributed by atoms with Gasteiger partial charge in [-0.1, -0.05) is 30.3 Å². The van der Waals surface area contributed by atoms with Crippen LogP contribution in [0.1, 0.15) is 18.5 Å². The second kappa shape index (κ2) is 5.84. The summed E-state index contributed by atoms with van der Waals surface area (Å²) in [7, 11) is 0. The van der Waals surface area contributed by atoms with Crippen LogP contribution in [-0.4, -0.2) is 29.7 Å². The van der Waals surface area contributed by atoms with E-state index in [1.54, 1.807) is 0 Å². The number of nitrogens with zero attached hydrogens (tertiary/aromatic N) is 6. The molecule has 1 N–H and O–H groups in total. The molecule has 1 atom stereocenters. The second-order valence-electron chi connectivity index (χ2n) is 4.34.